The van der Waals surface area contributed by atoms with E-state index in [2.05, 4.69) is 24.0 Å². The van der Waals surface area contributed by atoms with E-state index in [1.165, 1.54) is 11.1 Å². The second kappa shape index (κ2) is 10.1. The van der Waals surface area contributed by atoms with Crippen LogP contribution in [0.2, 0.25) is 0 Å². The van der Waals surface area contributed by atoms with E-state index in [-0.39, 0.29) is 12.6 Å². The van der Waals surface area contributed by atoms with Crippen LogP contribution in [0, 0.1) is 0 Å². The number of carbonyl (C=O) groups is 1. The van der Waals surface area contributed by atoms with Crippen LogP contribution in [-0.2, 0) is 17.6 Å². The van der Waals surface area contributed by atoms with Crippen molar-refractivity contribution in [3.8, 4) is 5.75 Å². The van der Waals surface area contributed by atoms with E-state index in [0.29, 0.717) is 12.1 Å². The first kappa shape index (κ1) is 23.1. The number of ether oxygens (including phenoxy) is 2. The number of rotatable bonds is 7. The molecule has 2 aromatic rings. The lowest BCUT2D eigenvalue weighted by Crippen LogP contribution is -2.45. The van der Waals surface area contributed by atoms with Crippen LogP contribution in [0.5, 0.6) is 5.75 Å². The molecule has 1 unspecified atom stereocenters. The Hall–Kier alpha value is -2.60. The summed E-state index contributed by atoms with van der Waals surface area (Å²) >= 11 is 0. The number of aliphatic hydroxyl groups excluding tert-OH is 1. The Morgan fingerprint density at radius 3 is 2.84 bits per heavy atom. The largest absolute Gasteiger partial charge is 0.488 e. The lowest BCUT2D eigenvalue weighted by molar-refractivity contribution is 0.00365. The highest BCUT2D eigenvalue weighted by Crippen LogP contribution is 2.30. The molecule has 1 N–H and O–H groups in total. The second-order valence-electron chi connectivity index (χ2n) is 9.16. The van der Waals surface area contributed by atoms with Crippen LogP contribution in [0.1, 0.15) is 63.3 Å². The van der Waals surface area contributed by atoms with Gasteiger partial charge in [0.1, 0.15) is 17.5 Å². The number of aromatic nitrogens is 1. The molecular weight excluding hydrogens is 392 g/mol. The molecule has 1 aromatic carbocycles. The number of amides is 1. The van der Waals surface area contributed by atoms with Crippen LogP contribution < -0.4 is 4.74 Å². The molecule has 0 bridgehead atoms. The second-order valence-corrected chi connectivity index (χ2v) is 9.16. The first-order valence-electron chi connectivity index (χ1n) is 11.1. The van der Waals surface area contributed by atoms with Crippen molar-refractivity contribution >= 4 is 6.09 Å². The summed E-state index contributed by atoms with van der Waals surface area (Å²) in [4.78, 5) is 18.5. The summed E-state index contributed by atoms with van der Waals surface area (Å²) < 4.78 is 11.8. The van der Waals surface area contributed by atoms with E-state index >= 15 is 0 Å². The standard InChI is InChI=1S/C25H34N2O4/c1-5-7-18-9-12-23-19(14-18)10-11-21(30-23)16-27(24(29)31-25(2,3)4)17-22(28)20-8-6-13-26-15-20/h6,8-9,12-15,21-22,28H,5,7,10-11,16-17H2,1-4H3/t21?,22-/m0/s1. The first-order chi connectivity index (χ1) is 14.7. The smallest absolute Gasteiger partial charge is 0.410 e. The van der Waals surface area contributed by atoms with Crippen molar-refractivity contribution in [2.24, 2.45) is 0 Å². The monoisotopic (exact) mass is 426 g/mol. The highest BCUT2D eigenvalue weighted by atomic mass is 16.6. The quantitative estimate of drug-likeness (QED) is 0.695. The zero-order chi connectivity index (χ0) is 22.4. The molecule has 3 rings (SSSR count). The lowest BCUT2D eigenvalue weighted by atomic mass is 9.98. The molecule has 1 aliphatic rings. The van der Waals surface area contributed by atoms with Crippen LogP contribution in [0.4, 0.5) is 4.79 Å². The van der Waals surface area contributed by atoms with E-state index in [0.717, 1.165) is 31.4 Å². The maximum atomic E-state index is 12.9. The number of aryl methyl sites for hydroxylation is 2. The van der Waals surface area contributed by atoms with Gasteiger partial charge in [-0.2, -0.15) is 0 Å². The number of fused-ring (bicyclic) bond motifs is 1. The van der Waals surface area contributed by atoms with Crippen molar-refractivity contribution in [2.75, 3.05) is 13.1 Å². The third-order valence-corrected chi connectivity index (χ3v) is 5.23. The molecule has 1 aromatic heterocycles. The van der Waals surface area contributed by atoms with Crippen molar-refractivity contribution in [3.63, 3.8) is 0 Å². The van der Waals surface area contributed by atoms with Gasteiger partial charge >= 0.3 is 6.09 Å². The molecule has 31 heavy (non-hydrogen) atoms. The summed E-state index contributed by atoms with van der Waals surface area (Å²) in [6.45, 7) is 8.15. The molecule has 168 valence electrons. The topological polar surface area (TPSA) is 71.9 Å². The van der Waals surface area contributed by atoms with Crippen molar-refractivity contribution in [1.82, 2.24) is 9.88 Å². The Bertz CT molecular complexity index is 864. The van der Waals surface area contributed by atoms with Crippen molar-refractivity contribution in [2.45, 2.75) is 71.2 Å². The van der Waals surface area contributed by atoms with Crippen molar-refractivity contribution in [3.05, 3.63) is 59.4 Å². The van der Waals surface area contributed by atoms with Gasteiger partial charge in [-0.3, -0.25) is 4.98 Å². The maximum absolute atomic E-state index is 12.9. The highest BCUT2D eigenvalue weighted by molar-refractivity contribution is 5.68. The molecule has 6 heteroatoms. The zero-order valence-corrected chi connectivity index (χ0v) is 19.0. The Morgan fingerprint density at radius 2 is 2.16 bits per heavy atom. The van der Waals surface area contributed by atoms with E-state index in [9.17, 15) is 9.90 Å². The molecule has 6 nitrogen and oxygen atoms in total. The van der Waals surface area contributed by atoms with E-state index in [1.54, 1.807) is 29.4 Å². The van der Waals surface area contributed by atoms with Gasteiger partial charge in [-0.25, -0.2) is 4.79 Å². The van der Waals surface area contributed by atoms with Gasteiger partial charge in [0.25, 0.3) is 0 Å². The molecule has 0 saturated carbocycles. The van der Waals surface area contributed by atoms with Crippen LogP contribution in [0.3, 0.4) is 0 Å². The molecule has 1 aliphatic heterocycles. The molecule has 0 fully saturated rings. The normalized spacial score (nSPS) is 16.7. The number of carbonyl (C=O) groups excluding carboxylic acids is 1. The van der Waals surface area contributed by atoms with E-state index < -0.39 is 17.8 Å². The minimum atomic E-state index is -0.853. The third kappa shape index (κ3) is 6.69. The Kier molecular flexibility index (Phi) is 7.55. The fourth-order valence-corrected chi connectivity index (χ4v) is 3.75. The fourth-order valence-electron chi connectivity index (χ4n) is 3.75. The summed E-state index contributed by atoms with van der Waals surface area (Å²) in [5.41, 5.74) is 2.60. The number of nitrogens with zero attached hydrogens (tertiary/aromatic N) is 2. The molecular formula is C25H34N2O4. The van der Waals surface area contributed by atoms with Crippen LogP contribution in [0.15, 0.2) is 42.7 Å². The number of hydrogen-bond acceptors (Lipinski definition) is 5. The predicted octanol–water partition coefficient (Wildman–Crippen LogP) is 4.70. The van der Waals surface area contributed by atoms with Gasteiger partial charge in [0.15, 0.2) is 0 Å². The Balaban J connectivity index is 1.71. The zero-order valence-electron chi connectivity index (χ0n) is 19.0. The molecule has 2 atom stereocenters. The summed E-state index contributed by atoms with van der Waals surface area (Å²) in [6.07, 6.45) is 5.70. The molecule has 0 spiro atoms. The van der Waals surface area contributed by atoms with Crippen LogP contribution in [-0.4, -0.2) is 45.9 Å². The molecule has 0 saturated heterocycles. The fraction of sp³-hybridized carbons (Fsp3) is 0.520. The third-order valence-electron chi connectivity index (χ3n) is 5.23. The summed E-state index contributed by atoms with van der Waals surface area (Å²) in [6, 6.07) is 9.95. The van der Waals surface area contributed by atoms with Gasteiger partial charge < -0.3 is 19.5 Å². The first-order valence-corrected chi connectivity index (χ1v) is 11.1. The van der Waals surface area contributed by atoms with Gasteiger partial charge in [-0.1, -0.05) is 31.5 Å². The lowest BCUT2D eigenvalue weighted by Gasteiger charge is -2.33. The number of pyridine rings is 1. The maximum Gasteiger partial charge on any atom is 0.410 e. The van der Waals surface area contributed by atoms with Gasteiger partial charge in [-0.05, 0) is 63.3 Å². The summed E-state index contributed by atoms with van der Waals surface area (Å²) in [5, 5.41) is 10.7. The number of hydrogen-bond donors (Lipinski definition) is 1. The molecule has 0 aliphatic carbocycles. The summed E-state index contributed by atoms with van der Waals surface area (Å²) in [7, 11) is 0. The van der Waals surface area contributed by atoms with Crippen molar-refractivity contribution in [1.29, 1.82) is 0 Å². The van der Waals surface area contributed by atoms with E-state index in [1.807, 2.05) is 26.8 Å². The van der Waals surface area contributed by atoms with Crippen LogP contribution >= 0.6 is 0 Å². The van der Waals surface area contributed by atoms with Gasteiger partial charge in [-0.15, -0.1) is 0 Å². The SMILES string of the molecule is CCCc1ccc2c(c1)CCC(CN(C[C@H](O)c1cccnc1)C(=O)OC(C)(C)C)O2. The average Bonchev–Trinajstić information content (AvgIpc) is 2.73. The minimum absolute atomic E-state index is 0.114. The van der Waals surface area contributed by atoms with E-state index in [4.69, 9.17) is 9.47 Å². The molecule has 0 radical (unpaired) electrons. The van der Waals surface area contributed by atoms with Crippen molar-refractivity contribution < 1.29 is 19.4 Å². The van der Waals surface area contributed by atoms with Gasteiger partial charge in [0.05, 0.1) is 19.2 Å². The van der Waals surface area contributed by atoms with Gasteiger partial charge in [0.2, 0.25) is 0 Å². The summed E-state index contributed by atoms with van der Waals surface area (Å²) in [5.74, 6) is 0.882. The number of benzene rings is 1. The predicted molar refractivity (Wildman–Crippen MR) is 120 cm³/mol. The highest BCUT2D eigenvalue weighted by Gasteiger charge is 2.29. The minimum Gasteiger partial charge on any atom is -0.488 e. The average molecular weight is 427 g/mol. The molecule has 1 amide bonds. The number of aliphatic hydroxyl groups is 1. The van der Waals surface area contributed by atoms with Gasteiger partial charge in [0, 0.05) is 18.0 Å². The Morgan fingerprint density at radius 1 is 1.35 bits per heavy atom. The Labute approximate surface area is 185 Å². The molecule has 2 heterocycles. The van der Waals surface area contributed by atoms with Crippen LogP contribution in [0.25, 0.3) is 0 Å².